The van der Waals surface area contributed by atoms with Crippen molar-refractivity contribution in [2.24, 2.45) is 0 Å². The van der Waals surface area contributed by atoms with Crippen LogP contribution in [0.25, 0.3) is 0 Å². The van der Waals surface area contributed by atoms with Gasteiger partial charge in [0.15, 0.2) is 12.1 Å². The molecule has 0 aliphatic carbocycles. The van der Waals surface area contributed by atoms with Gasteiger partial charge in [-0.2, -0.15) is 0 Å². The van der Waals surface area contributed by atoms with Gasteiger partial charge in [0, 0.05) is 6.42 Å². The quantitative estimate of drug-likeness (QED) is 0.695. The molecular weight excluding hydrogens is 228 g/mol. The predicted molar refractivity (Wildman–Crippen MR) is 54.8 cm³/mol. The molecular formula is C11H16O6. The van der Waals surface area contributed by atoms with Crippen molar-refractivity contribution in [3.8, 4) is 0 Å². The molecule has 6 nitrogen and oxygen atoms in total. The summed E-state index contributed by atoms with van der Waals surface area (Å²) in [5.41, 5.74) is -1.17. The molecule has 0 amide bonds. The summed E-state index contributed by atoms with van der Waals surface area (Å²) in [5.74, 6) is -5.12. The summed E-state index contributed by atoms with van der Waals surface area (Å²) in [6, 6.07) is 0. The summed E-state index contributed by atoms with van der Waals surface area (Å²) >= 11 is 0. The van der Waals surface area contributed by atoms with Crippen LogP contribution in [0, 0.1) is 0 Å². The van der Waals surface area contributed by atoms with Gasteiger partial charge in [-0.05, 0) is 27.7 Å². The number of Topliss-reactive ketones (excluding diaryl/α,β-unsaturated/α-hetero) is 1. The number of carbonyl (C=O) groups is 2. The standard InChI is InChI=1S/C11H16O6/c1-7(13)8(2)5-11(14)10(4,15-8)16-9(3,6-12)17-11/h6,14H,5H2,1-4H3/t8-,9+,10?,11+/m0/s1. The van der Waals surface area contributed by atoms with E-state index in [1.165, 1.54) is 20.8 Å². The van der Waals surface area contributed by atoms with E-state index in [0.717, 1.165) is 0 Å². The van der Waals surface area contributed by atoms with Gasteiger partial charge in [-0.1, -0.05) is 0 Å². The van der Waals surface area contributed by atoms with Gasteiger partial charge in [0.1, 0.15) is 5.60 Å². The van der Waals surface area contributed by atoms with E-state index in [4.69, 9.17) is 14.2 Å². The molecule has 6 heteroatoms. The number of hydrogen-bond acceptors (Lipinski definition) is 6. The Hall–Kier alpha value is -0.820. The van der Waals surface area contributed by atoms with Crippen LogP contribution in [0.4, 0.5) is 0 Å². The van der Waals surface area contributed by atoms with Crippen molar-refractivity contribution in [2.45, 2.75) is 57.1 Å². The molecule has 2 rings (SSSR count). The Morgan fingerprint density at radius 2 is 1.82 bits per heavy atom. The Balaban J connectivity index is 2.36. The summed E-state index contributed by atoms with van der Waals surface area (Å²) in [5, 5.41) is 10.4. The van der Waals surface area contributed by atoms with Crippen LogP contribution in [0.15, 0.2) is 0 Å². The number of aliphatic hydroxyl groups is 1. The number of rotatable bonds is 2. The van der Waals surface area contributed by atoms with E-state index < -0.39 is 23.0 Å². The summed E-state index contributed by atoms with van der Waals surface area (Å²) in [4.78, 5) is 22.4. The van der Waals surface area contributed by atoms with Crippen LogP contribution in [0.5, 0.6) is 0 Å². The lowest BCUT2D eigenvalue weighted by Crippen LogP contribution is -2.45. The van der Waals surface area contributed by atoms with E-state index in [0.29, 0.717) is 6.29 Å². The number of aldehydes is 1. The van der Waals surface area contributed by atoms with E-state index in [1.807, 2.05) is 0 Å². The van der Waals surface area contributed by atoms with Gasteiger partial charge in [-0.3, -0.25) is 9.59 Å². The van der Waals surface area contributed by atoms with Crippen LogP contribution >= 0.6 is 0 Å². The summed E-state index contributed by atoms with van der Waals surface area (Å²) < 4.78 is 16.1. The normalized spacial score (nSPS) is 53.5. The first-order chi connectivity index (χ1) is 7.58. The van der Waals surface area contributed by atoms with E-state index in [2.05, 4.69) is 0 Å². The maximum atomic E-state index is 11.5. The van der Waals surface area contributed by atoms with Crippen LogP contribution in [0.2, 0.25) is 0 Å². The molecule has 1 unspecified atom stereocenters. The van der Waals surface area contributed by atoms with E-state index >= 15 is 0 Å². The molecule has 0 aromatic heterocycles. The third-order valence-electron chi connectivity index (χ3n) is 3.43. The van der Waals surface area contributed by atoms with E-state index in [9.17, 15) is 14.7 Å². The van der Waals surface area contributed by atoms with E-state index in [1.54, 1.807) is 6.92 Å². The Bertz CT molecular complexity index is 371. The molecule has 17 heavy (non-hydrogen) atoms. The van der Waals surface area contributed by atoms with Crippen LogP contribution in [0.3, 0.4) is 0 Å². The fraction of sp³-hybridized carbons (Fsp3) is 0.818. The Kier molecular flexibility index (Phi) is 2.33. The molecule has 0 aromatic carbocycles. The Morgan fingerprint density at radius 1 is 1.24 bits per heavy atom. The molecule has 96 valence electrons. The highest BCUT2D eigenvalue weighted by Gasteiger charge is 2.72. The first-order valence-corrected chi connectivity index (χ1v) is 5.38. The molecule has 2 heterocycles. The average molecular weight is 244 g/mol. The third kappa shape index (κ3) is 1.55. The van der Waals surface area contributed by atoms with Crippen LogP contribution in [-0.2, 0) is 23.8 Å². The first kappa shape index (κ1) is 12.6. The molecule has 4 atom stereocenters. The number of fused-ring (bicyclic) bond motifs is 1. The highest BCUT2D eigenvalue weighted by Crippen LogP contribution is 2.54. The van der Waals surface area contributed by atoms with Gasteiger partial charge in [0.25, 0.3) is 0 Å². The second-order valence-electron chi connectivity index (χ2n) is 5.13. The molecule has 0 aromatic rings. The zero-order valence-corrected chi connectivity index (χ0v) is 10.3. The number of hydrogen-bond donors (Lipinski definition) is 1. The second-order valence-corrected chi connectivity index (χ2v) is 5.13. The Labute approximate surface area is 98.8 Å². The number of ether oxygens (including phenoxy) is 3. The molecule has 2 aliphatic rings. The summed E-state index contributed by atoms with van der Waals surface area (Å²) in [7, 11) is 0. The molecule has 0 radical (unpaired) electrons. The van der Waals surface area contributed by atoms with E-state index in [-0.39, 0.29) is 12.2 Å². The van der Waals surface area contributed by atoms with Crippen molar-refractivity contribution in [1.82, 2.24) is 0 Å². The maximum absolute atomic E-state index is 11.5. The monoisotopic (exact) mass is 244 g/mol. The smallest absolute Gasteiger partial charge is 0.228 e. The fourth-order valence-corrected chi connectivity index (χ4v) is 2.38. The van der Waals surface area contributed by atoms with Crippen molar-refractivity contribution in [2.75, 3.05) is 0 Å². The average Bonchev–Trinajstić information content (AvgIpc) is 2.44. The zero-order valence-electron chi connectivity index (χ0n) is 10.3. The lowest BCUT2D eigenvalue weighted by molar-refractivity contribution is -0.270. The topological polar surface area (TPSA) is 82.1 Å². The van der Waals surface area contributed by atoms with Crippen molar-refractivity contribution >= 4 is 12.1 Å². The number of ketones is 1. The highest BCUT2D eigenvalue weighted by atomic mass is 16.9. The molecule has 2 aliphatic heterocycles. The maximum Gasteiger partial charge on any atom is 0.228 e. The lowest BCUT2D eigenvalue weighted by Gasteiger charge is -2.28. The summed E-state index contributed by atoms with van der Waals surface area (Å²) in [6.07, 6.45) is 0.373. The summed E-state index contributed by atoms with van der Waals surface area (Å²) in [6.45, 7) is 5.76. The minimum atomic E-state index is -1.80. The highest BCUT2D eigenvalue weighted by molar-refractivity contribution is 5.85. The van der Waals surface area contributed by atoms with Crippen molar-refractivity contribution < 1.29 is 28.9 Å². The largest absolute Gasteiger partial charge is 0.361 e. The van der Waals surface area contributed by atoms with Crippen LogP contribution in [-0.4, -0.2) is 40.1 Å². The first-order valence-electron chi connectivity index (χ1n) is 5.38. The minimum absolute atomic E-state index is 0.0741. The third-order valence-corrected chi connectivity index (χ3v) is 3.43. The van der Waals surface area contributed by atoms with Crippen LogP contribution < -0.4 is 0 Å². The van der Waals surface area contributed by atoms with Crippen molar-refractivity contribution in [1.29, 1.82) is 0 Å². The van der Waals surface area contributed by atoms with Crippen molar-refractivity contribution in [3.63, 3.8) is 0 Å². The van der Waals surface area contributed by atoms with Gasteiger partial charge < -0.3 is 19.3 Å². The lowest BCUT2D eigenvalue weighted by atomic mass is 9.94. The molecule has 0 bridgehead atoms. The van der Waals surface area contributed by atoms with Crippen LogP contribution in [0.1, 0.15) is 34.1 Å². The fourth-order valence-electron chi connectivity index (χ4n) is 2.38. The van der Waals surface area contributed by atoms with Gasteiger partial charge in [-0.15, -0.1) is 0 Å². The molecule has 2 fully saturated rings. The second kappa shape index (κ2) is 3.14. The molecule has 0 spiro atoms. The zero-order chi connectivity index (χ0) is 13.1. The molecule has 2 saturated heterocycles. The molecule has 0 saturated carbocycles. The van der Waals surface area contributed by atoms with Gasteiger partial charge in [0.05, 0.1) is 0 Å². The SMILES string of the molecule is CC(=O)[C@]1(C)C[C@@]2(O)O[C@](C)(C=O)OC2(C)O1. The number of carbonyl (C=O) groups excluding carboxylic acids is 2. The predicted octanol–water partition coefficient (Wildman–Crippen LogP) is 0.121. The molecule has 1 N–H and O–H groups in total. The minimum Gasteiger partial charge on any atom is -0.361 e. The Morgan fingerprint density at radius 3 is 2.24 bits per heavy atom. The van der Waals surface area contributed by atoms with Gasteiger partial charge in [0.2, 0.25) is 17.4 Å². The van der Waals surface area contributed by atoms with Gasteiger partial charge in [-0.25, -0.2) is 0 Å². The van der Waals surface area contributed by atoms with Crippen molar-refractivity contribution in [3.05, 3.63) is 0 Å². The van der Waals surface area contributed by atoms with Gasteiger partial charge >= 0.3 is 0 Å².